The molecule has 2 heterocycles. The predicted octanol–water partition coefficient (Wildman–Crippen LogP) is -0.0475. The van der Waals surface area contributed by atoms with Crippen LogP contribution in [-0.2, 0) is 4.79 Å². The zero-order valence-electron chi connectivity index (χ0n) is 9.40. The maximum absolute atomic E-state index is 11.8. The summed E-state index contributed by atoms with van der Waals surface area (Å²) in [4.78, 5) is 30.7. The Balaban J connectivity index is 2.28. The quantitative estimate of drug-likeness (QED) is 0.545. The molecule has 3 amide bonds. The summed E-state index contributed by atoms with van der Waals surface area (Å²) in [7, 11) is 1.61. The third-order valence-electron chi connectivity index (χ3n) is 2.74. The highest BCUT2D eigenvalue weighted by atomic mass is 79.9. The summed E-state index contributed by atoms with van der Waals surface area (Å²) in [5.74, 6) is 5.31. The van der Waals surface area contributed by atoms with Gasteiger partial charge in [-0.05, 0) is 22.9 Å². The van der Waals surface area contributed by atoms with Crippen molar-refractivity contribution in [1.82, 2.24) is 15.1 Å². The first kappa shape index (κ1) is 11.9. The molecule has 0 aromatic heterocycles. The van der Waals surface area contributed by atoms with Gasteiger partial charge >= 0.3 is 6.03 Å². The number of fused-ring (bicyclic) bond motifs is 1. The fraction of sp³-hybridized carbons (Fsp3) is 0.500. The minimum atomic E-state index is -0.507. The number of nitrogens with zero attached hydrogens (tertiary/aromatic N) is 3. The Morgan fingerprint density at radius 2 is 2.24 bits per heavy atom. The smallest absolute Gasteiger partial charge is 0.324 e. The number of urea groups is 1. The van der Waals surface area contributed by atoms with Gasteiger partial charge in [0.25, 0.3) is 5.91 Å². The molecule has 2 unspecified atom stereocenters. The fourth-order valence-corrected chi connectivity index (χ4v) is 2.38. The molecule has 1 fully saturated rings. The largest absolute Gasteiger partial charge is 0.325 e. The summed E-state index contributed by atoms with van der Waals surface area (Å²) in [6.45, 7) is 2.13. The van der Waals surface area contributed by atoms with E-state index in [0.717, 1.165) is 0 Å². The molecule has 0 saturated carbocycles. The van der Waals surface area contributed by atoms with Crippen molar-refractivity contribution in [1.29, 1.82) is 0 Å². The maximum Gasteiger partial charge on any atom is 0.325 e. The lowest BCUT2D eigenvalue weighted by Crippen LogP contribution is -2.63. The van der Waals surface area contributed by atoms with Crippen molar-refractivity contribution in [3.8, 4) is 11.8 Å². The van der Waals surface area contributed by atoms with Crippen molar-refractivity contribution in [3.05, 3.63) is 0 Å². The molecule has 0 aliphatic carbocycles. The Morgan fingerprint density at radius 3 is 2.88 bits per heavy atom. The number of imide groups is 1. The van der Waals surface area contributed by atoms with Crippen LogP contribution in [0.25, 0.3) is 0 Å². The van der Waals surface area contributed by atoms with Gasteiger partial charge in [-0.3, -0.25) is 10.1 Å². The first-order chi connectivity index (χ1) is 8.06. The molecule has 2 aliphatic rings. The standard InChI is InChI=1S/C10H11BrN4O2/c1-3-4-5-15-6-7(12-9(15)11)14(2)10(17)13-8(6)16/h6-7H,5H2,1-2H3,(H,13,16,17). The van der Waals surface area contributed by atoms with Gasteiger partial charge < -0.3 is 9.80 Å². The van der Waals surface area contributed by atoms with Gasteiger partial charge in [0.2, 0.25) is 0 Å². The molecule has 90 valence electrons. The number of halogens is 1. The second-order valence-corrected chi connectivity index (χ2v) is 4.43. The van der Waals surface area contributed by atoms with Crippen molar-refractivity contribution in [2.24, 2.45) is 4.99 Å². The second-order valence-electron chi connectivity index (χ2n) is 3.72. The lowest BCUT2D eigenvalue weighted by atomic mass is 10.1. The molecule has 7 heteroatoms. The van der Waals surface area contributed by atoms with E-state index < -0.39 is 18.2 Å². The summed E-state index contributed by atoms with van der Waals surface area (Å²) in [5, 5.41) is 2.29. The maximum atomic E-state index is 11.8. The number of carbonyl (C=O) groups excluding carboxylic acids is 2. The number of carbonyl (C=O) groups is 2. The topological polar surface area (TPSA) is 65.0 Å². The van der Waals surface area contributed by atoms with E-state index in [2.05, 4.69) is 38.1 Å². The normalized spacial score (nSPS) is 27.1. The van der Waals surface area contributed by atoms with Gasteiger partial charge in [0.15, 0.2) is 17.0 Å². The molecule has 0 bridgehead atoms. The van der Waals surface area contributed by atoms with Crippen LogP contribution >= 0.6 is 15.9 Å². The number of nitrogens with one attached hydrogen (secondary N) is 1. The molecule has 1 saturated heterocycles. The SMILES string of the molecule is CC#CCN1C(Br)=NC2C1C(=O)NC(=O)N2C. The van der Waals surface area contributed by atoms with E-state index in [9.17, 15) is 9.59 Å². The number of rotatable bonds is 1. The first-order valence-electron chi connectivity index (χ1n) is 5.03. The fourth-order valence-electron chi connectivity index (χ4n) is 1.82. The second kappa shape index (κ2) is 4.37. The van der Waals surface area contributed by atoms with Gasteiger partial charge in [0, 0.05) is 7.05 Å². The van der Waals surface area contributed by atoms with E-state index >= 15 is 0 Å². The first-order valence-corrected chi connectivity index (χ1v) is 5.82. The molecule has 6 nitrogen and oxygen atoms in total. The molecule has 0 aromatic carbocycles. The Bertz CT molecular complexity index is 465. The van der Waals surface area contributed by atoms with E-state index in [4.69, 9.17) is 0 Å². The Hall–Kier alpha value is -1.55. The number of likely N-dealkylation sites (N-methyl/N-ethyl adjacent to an activating group) is 1. The Morgan fingerprint density at radius 1 is 1.53 bits per heavy atom. The van der Waals surface area contributed by atoms with Crippen molar-refractivity contribution in [3.63, 3.8) is 0 Å². The minimum absolute atomic E-state index is 0.339. The zero-order chi connectivity index (χ0) is 12.6. The van der Waals surface area contributed by atoms with Gasteiger partial charge in [-0.1, -0.05) is 5.92 Å². The average Bonchev–Trinajstić information content (AvgIpc) is 2.61. The third kappa shape index (κ3) is 1.89. The Kier molecular flexibility index (Phi) is 3.07. The summed E-state index contributed by atoms with van der Waals surface area (Å²) >= 11 is 3.29. The summed E-state index contributed by atoms with van der Waals surface area (Å²) in [6, 6.07) is -0.934. The van der Waals surface area contributed by atoms with Crippen molar-refractivity contribution in [2.45, 2.75) is 19.1 Å². The van der Waals surface area contributed by atoms with Gasteiger partial charge in [0.05, 0.1) is 6.54 Å². The number of amidine groups is 1. The third-order valence-corrected chi connectivity index (χ3v) is 3.40. The molecule has 0 spiro atoms. The van der Waals surface area contributed by atoms with Crippen LogP contribution in [0.5, 0.6) is 0 Å². The van der Waals surface area contributed by atoms with Gasteiger partial charge in [-0.25, -0.2) is 9.79 Å². The summed E-state index contributed by atoms with van der Waals surface area (Å²) in [6.07, 6.45) is -0.482. The summed E-state index contributed by atoms with van der Waals surface area (Å²) < 4.78 is 0.548. The molecule has 0 radical (unpaired) electrons. The number of aliphatic imine (C=N–C) groups is 1. The molecule has 2 aliphatic heterocycles. The van der Waals surface area contributed by atoms with Crippen LogP contribution in [0.15, 0.2) is 4.99 Å². The lowest BCUT2D eigenvalue weighted by molar-refractivity contribution is -0.126. The van der Waals surface area contributed by atoms with Crippen LogP contribution in [0.4, 0.5) is 4.79 Å². The number of hydrogen-bond acceptors (Lipinski definition) is 4. The Labute approximate surface area is 107 Å². The van der Waals surface area contributed by atoms with Crippen LogP contribution in [0, 0.1) is 11.8 Å². The summed E-state index contributed by atoms with van der Waals surface area (Å²) in [5.41, 5.74) is 0. The molecular weight excluding hydrogens is 288 g/mol. The van der Waals surface area contributed by atoms with Gasteiger partial charge in [0.1, 0.15) is 0 Å². The van der Waals surface area contributed by atoms with Crippen molar-refractivity contribution in [2.75, 3.05) is 13.6 Å². The van der Waals surface area contributed by atoms with Crippen LogP contribution in [0.3, 0.4) is 0 Å². The molecule has 1 N–H and O–H groups in total. The van der Waals surface area contributed by atoms with Crippen molar-refractivity contribution < 1.29 is 9.59 Å². The monoisotopic (exact) mass is 298 g/mol. The average molecular weight is 299 g/mol. The zero-order valence-corrected chi connectivity index (χ0v) is 11.0. The van der Waals surface area contributed by atoms with Crippen LogP contribution in [0.2, 0.25) is 0 Å². The molecule has 2 rings (SSSR count). The van der Waals surface area contributed by atoms with Gasteiger partial charge in [-0.15, -0.1) is 5.92 Å². The van der Waals surface area contributed by atoms with Crippen molar-refractivity contribution >= 4 is 32.6 Å². The number of hydrogen-bond donors (Lipinski definition) is 1. The molecular formula is C10H11BrN4O2. The van der Waals surface area contributed by atoms with Gasteiger partial charge in [-0.2, -0.15) is 0 Å². The lowest BCUT2D eigenvalue weighted by Gasteiger charge is -2.35. The molecule has 17 heavy (non-hydrogen) atoms. The highest BCUT2D eigenvalue weighted by molar-refractivity contribution is 9.18. The van der Waals surface area contributed by atoms with E-state index in [-0.39, 0.29) is 5.91 Å². The minimum Gasteiger partial charge on any atom is -0.324 e. The highest BCUT2D eigenvalue weighted by Gasteiger charge is 2.47. The molecule has 0 aromatic rings. The predicted molar refractivity (Wildman–Crippen MR) is 65.4 cm³/mol. The van der Waals surface area contributed by atoms with Crippen LogP contribution in [0.1, 0.15) is 6.92 Å². The highest BCUT2D eigenvalue weighted by Crippen LogP contribution is 2.25. The molecule has 2 atom stereocenters. The van der Waals surface area contributed by atoms with Crippen LogP contribution < -0.4 is 5.32 Å². The van der Waals surface area contributed by atoms with Crippen LogP contribution in [-0.4, -0.2) is 52.3 Å². The number of amides is 3. The van der Waals surface area contributed by atoms with E-state index in [1.54, 1.807) is 18.9 Å². The van der Waals surface area contributed by atoms with E-state index in [1.807, 2.05) is 0 Å². The van der Waals surface area contributed by atoms with E-state index in [1.165, 1.54) is 4.90 Å². The van der Waals surface area contributed by atoms with E-state index in [0.29, 0.717) is 11.3 Å².